The summed E-state index contributed by atoms with van der Waals surface area (Å²) in [7, 11) is -1.22. The lowest BCUT2D eigenvalue weighted by atomic mass is 9.72. The maximum Gasteiger partial charge on any atom is 0.478 e. The molecule has 0 saturated carbocycles. The number of rotatable bonds is 6. The van der Waals surface area contributed by atoms with E-state index in [0.717, 1.165) is 18.5 Å². The molecular formula is C14H22BN3O5. The third-order valence-electron chi connectivity index (χ3n) is 3.92. The summed E-state index contributed by atoms with van der Waals surface area (Å²) in [6.45, 7) is 0.758. The molecule has 8 nitrogen and oxygen atoms in total. The van der Waals surface area contributed by atoms with Crippen molar-refractivity contribution in [2.75, 3.05) is 6.54 Å². The number of amides is 1. The number of carboxylic acids is 1. The first kappa shape index (κ1) is 17.6. The summed E-state index contributed by atoms with van der Waals surface area (Å²) in [5.74, 6) is -1.92. The molecule has 0 aromatic rings. The van der Waals surface area contributed by atoms with Crippen molar-refractivity contribution in [1.29, 1.82) is 0 Å². The monoisotopic (exact) mass is 323 g/mol. The highest BCUT2D eigenvalue weighted by atomic mass is 16.5. The molecule has 0 spiro atoms. The zero-order chi connectivity index (χ0) is 16.8. The van der Waals surface area contributed by atoms with Crippen molar-refractivity contribution in [1.82, 2.24) is 5.32 Å². The molecule has 0 aromatic heterocycles. The number of carbonyl (C=O) groups is 2. The second kappa shape index (κ2) is 8.23. The minimum absolute atomic E-state index is 0.162. The summed E-state index contributed by atoms with van der Waals surface area (Å²) >= 11 is 0. The Morgan fingerprint density at radius 1 is 1.52 bits per heavy atom. The topological polar surface area (TPSA) is 134 Å². The Kier molecular flexibility index (Phi) is 6.32. The number of carboxylic acid groups (broad SMARTS) is 1. The number of hydrogen-bond acceptors (Lipinski definition) is 6. The van der Waals surface area contributed by atoms with Gasteiger partial charge in [0.25, 0.3) is 0 Å². The summed E-state index contributed by atoms with van der Waals surface area (Å²) < 4.78 is 5.23. The molecule has 1 amide bonds. The van der Waals surface area contributed by atoms with Gasteiger partial charge in [-0.2, -0.15) is 0 Å². The van der Waals surface area contributed by atoms with E-state index in [1.165, 1.54) is 0 Å². The molecule has 9 heteroatoms. The molecule has 1 fully saturated rings. The van der Waals surface area contributed by atoms with Crippen LogP contribution >= 0.6 is 0 Å². The largest absolute Gasteiger partial charge is 0.481 e. The van der Waals surface area contributed by atoms with Gasteiger partial charge in [-0.15, -0.1) is 0 Å². The van der Waals surface area contributed by atoms with Gasteiger partial charge in [-0.05, 0) is 31.3 Å². The van der Waals surface area contributed by atoms with Crippen LogP contribution in [0.25, 0.3) is 0 Å². The normalized spacial score (nSPS) is 25.7. The summed E-state index contributed by atoms with van der Waals surface area (Å²) in [5.41, 5.74) is 6.82. The SMILES string of the molecule is NC(CC1=CCCN=C1)C(=O)N[C@H]1CC[C@@H](CC(=O)O)OB1O. The lowest BCUT2D eigenvalue weighted by Crippen LogP contribution is -2.56. The van der Waals surface area contributed by atoms with Gasteiger partial charge >= 0.3 is 13.1 Å². The van der Waals surface area contributed by atoms with E-state index in [1.807, 2.05) is 6.08 Å². The predicted octanol–water partition coefficient (Wildman–Crippen LogP) is -0.737. The average Bonchev–Trinajstić information content (AvgIpc) is 2.50. The van der Waals surface area contributed by atoms with Crippen molar-refractivity contribution in [2.45, 2.75) is 50.2 Å². The van der Waals surface area contributed by atoms with Gasteiger partial charge in [-0.3, -0.25) is 14.6 Å². The van der Waals surface area contributed by atoms with Crippen LogP contribution in [0.2, 0.25) is 0 Å². The fourth-order valence-corrected chi connectivity index (χ4v) is 2.69. The van der Waals surface area contributed by atoms with E-state index in [9.17, 15) is 14.6 Å². The molecule has 23 heavy (non-hydrogen) atoms. The van der Waals surface area contributed by atoms with E-state index in [1.54, 1.807) is 6.21 Å². The third kappa shape index (κ3) is 5.45. The second-order valence-electron chi connectivity index (χ2n) is 5.85. The van der Waals surface area contributed by atoms with Gasteiger partial charge in [0.05, 0.1) is 24.5 Å². The molecule has 0 bridgehead atoms. The van der Waals surface area contributed by atoms with Crippen LogP contribution in [0.4, 0.5) is 0 Å². The predicted molar refractivity (Wildman–Crippen MR) is 84.9 cm³/mol. The van der Waals surface area contributed by atoms with E-state index in [2.05, 4.69) is 10.3 Å². The van der Waals surface area contributed by atoms with Crippen molar-refractivity contribution < 1.29 is 24.4 Å². The molecule has 2 aliphatic rings. The molecule has 1 unspecified atom stereocenters. The Hall–Kier alpha value is -1.71. The molecule has 126 valence electrons. The number of dihydropyridines is 1. The number of nitrogens with zero attached hydrogens (tertiary/aromatic N) is 1. The highest BCUT2D eigenvalue weighted by Gasteiger charge is 2.37. The zero-order valence-corrected chi connectivity index (χ0v) is 12.9. The van der Waals surface area contributed by atoms with Gasteiger partial charge in [0, 0.05) is 12.8 Å². The maximum atomic E-state index is 12.1. The van der Waals surface area contributed by atoms with Crippen molar-refractivity contribution >= 4 is 25.2 Å². The van der Waals surface area contributed by atoms with Gasteiger partial charge in [-0.1, -0.05) is 6.08 Å². The van der Waals surface area contributed by atoms with Crippen LogP contribution in [-0.2, 0) is 14.2 Å². The lowest BCUT2D eigenvalue weighted by molar-refractivity contribution is -0.139. The number of aliphatic carboxylic acids is 1. The second-order valence-corrected chi connectivity index (χ2v) is 5.85. The van der Waals surface area contributed by atoms with Crippen LogP contribution in [0.15, 0.2) is 16.6 Å². The van der Waals surface area contributed by atoms with Crippen LogP contribution in [0.5, 0.6) is 0 Å². The standard InChI is InChI=1S/C14H22BN3O5/c16-11(6-9-2-1-5-17-8-9)14(21)18-12-4-3-10(7-13(19)20)23-15(12)22/h2,8,10-12,22H,1,3-7,16H2,(H,18,21)(H,19,20)/t10-,11?,12-/m0/s1. The van der Waals surface area contributed by atoms with E-state index in [4.69, 9.17) is 15.5 Å². The summed E-state index contributed by atoms with van der Waals surface area (Å²) in [5, 5.41) is 21.3. The fourth-order valence-electron chi connectivity index (χ4n) is 2.69. The first-order valence-corrected chi connectivity index (χ1v) is 7.76. The van der Waals surface area contributed by atoms with Gasteiger partial charge in [0.15, 0.2) is 0 Å². The minimum Gasteiger partial charge on any atom is -0.481 e. The Morgan fingerprint density at radius 2 is 2.30 bits per heavy atom. The summed E-state index contributed by atoms with van der Waals surface area (Å²) in [6, 6.07) is -0.727. The lowest BCUT2D eigenvalue weighted by Gasteiger charge is -2.31. The highest BCUT2D eigenvalue weighted by molar-refractivity contribution is 6.45. The molecule has 0 radical (unpaired) electrons. The van der Waals surface area contributed by atoms with Crippen molar-refractivity contribution in [3.63, 3.8) is 0 Å². The third-order valence-corrected chi connectivity index (χ3v) is 3.92. The summed E-state index contributed by atoms with van der Waals surface area (Å²) in [4.78, 5) is 26.9. The molecule has 2 rings (SSSR count). The van der Waals surface area contributed by atoms with Crippen molar-refractivity contribution in [3.05, 3.63) is 11.6 Å². The smallest absolute Gasteiger partial charge is 0.478 e. The molecule has 1 saturated heterocycles. The van der Waals surface area contributed by atoms with E-state index in [-0.39, 0.29) is 12.3 Å². The molecule has 3 atom stereocenters. The number of nitrogens with one attached hydrogen (secondary N) is 1. The molecule has 2 heterocycles. The van der Waals surface area contributed by atoms with Crippen LogP contribution < -0.4 is 11.1 Å². The van der Waals surface area contributed by atoms with Crippen LogP contribution in [0.3, 0.4) is 0 Å². The van der Waals surface area contributed by atoms with Crippen LogP contribution in [0.1, 0.15) is 32.1 Å². The number of hydrogen-bond donors (Lipinski definition) is 4. The molecule has 2 aliphatic heterocycles. The Labute approximate surface area is 134 Å². The first-order chi connectivity index (χ1) is 11.0. The van der Waals surface area contributed by atoms with Gasteiger partial charge in [-0.25, -0.2) is 0 Å². The maximum absolute atomic E-state index is 12.1. The van der Waals surface area contributed by atoms with E-state index < -0.39 is 31.2 Å². The van der Waals surface area contributed by atoms with E-state index >= 15 is 0 Å². The van der Waals surface area contributed by atoms with Crippen LogP contribution in [0, 0.1) is 0 Å². The molecule has 0 aliphatic carbocycles. The number of aliphatic imine (C=N–C) groups is 1. The molecular weight excluding hydrogens is 301 g/mol. The van der Waals surface area contributed by atoms with E-state index in [0.29, 0.717) is 19.3 Å². The Bertz CT molecular complexity index is 511. The van der Waals surface area contributed by atoms with Gasteiger partial charge in [0.2, 0.25) is 5.91 Å². The van der Waals surface area contributed by atoms with Gasteiger partial charge < -0.3 is 25.8 Å². The molecule has 5 N–H and O–H groups in total. The number of carbonyl (C=O) groups excluding carboxylic acids is 1. The average molecular weight is 323 g/mol. The molecule has 0 aromatic carbocycles. The highest BCUT2D eigenvalue weighted by Crippen LogP contribution is 2.19. The quantitative estimate of drug-likeness (QED) is 0.476. The van der Waals surface area contributed by atoms with Gasteiger partial charge in [0.1, 0.15) is 0 Å². The fraction of sp³-hybridized carbons (Fsp3) is 0.643. The summed E-state index contributed by atoms with van der Waals surface area (Å²) in [6.07, 6.45) is 5.18. The van der Waals surface area contributed by atoms with Crippen molar-refractivity contribution in [3.8, 4) is 0 Å². The van der Waals surface area contributed by atoms with Crippen LogP contribution in [-0.4, -0.2) is 60.0 Å². The Balaban J connectivity index is 1.79. The Morgan fingerprint density at radius 3 is 2.91 bits per heavy atom. The zero-order valence-electron chi connectivity index (χ0n) is 12.9. The number of nitrogens with two attached hydrogens (primary N) is 1. The van der Waals surface area contributed by atoms with Crippen molar-refractivity contribution in [2.24, 2.45) is 10.7 Å². The first-order valence-electron chi connectivity index (χ1n) is 7.76. The minimum atomic E-state index is -1.22.